The summed E-state index contributed by atoms with van der Waals surface area (Å²) in [6.07, 6.45) is 3.28. The smallest absolute Gasteiger partial charge is 0.270 e. The van der Waals surface area contributed by atoms with Crippen molar-refractivity contribution in [2.75, 3.05) is 0 Å². The highest BCUT2D eigenvalue weighted by Crippen LogP contribution is 2.37. The van der Waals surface area contributed by atoms with E-state index in [1.54, 1.807) is 0 Å². The van der Waals surface area contributed by atoms with Crippen molar-refractivity contribution in [3.05, 3.63) is 33.8 Å². The fraction of sp³-hybridized carbons (Fsp3) is 0.400. The molecule has 1 N–H and O–H groups in total. The number of nitrogens with zero attached hydrogens (tertiary/aromatic N) is 1. The molecule has 1 heterocycles. The Morgan fingerprint density at radius 3 is 2.18 bits per heavy atom. The van der Waals surface area contributed by atoms with E-state index in [0.29, 0.717) is 17.9 Å². The Morgan fingerprint density at radius 1 is 1.05 bits per heavy atom. The molecule has 0 unspecified atom stereocenters. The molecule has 3 amide bonds. The highest BCUT2D eigenvalue weighted by molar-refractivity contribution is 6.42. The molecule has 2 fully saturated rings. The van der Waals surface area contributed by atoms with Gasteiger partial charge in [-0.05, 0) is 31.0 Å². The normalized spacial score (nSPS) is 24.4. The maximum atomic E-state index is 12.3. The molecule has 1 saturated carbocycles. The van der Waals surface area contributed by atoms with E-state index in [2.05, 4.69) is 5.43 Å². The number of nitrogens with one attached hydrogen (secondary N) is 1. The van der Waals surface area contributed by atoms with Gasteiger partial charge in [-0.25, -0.2) is 0 Å². The summed E-state index contributed by atoms with van der Waals surface area (Å²) in [5.74, 6) is -1.78. The second kappa shape index (κ2) is 5.89. The number of halogens is 2. The Kier molecular flexibility index (Phi) is 4.10. The first-order valence-electron chi connectivity index (χ1n) is 7.13. The molecule has 0 radical (unpaired) electrons. The van der Waals surface area contributed by atoms with Gasteiger partial charge in [0.25, 0.3) is 17.7 Å². The van der Waals surface area contributed by atoms with Gasteiger partial charge in [0.05, 0.1) is 21.9 Å². The van der Waals surface area contributed by atoms with Crippen LogP contribution in [0.3, 0.4) is 0 Å². The van der Waals surface area contributed by atoms with Gasteiger partial charge in [-0.2, -0.15) is 5.01 Å². The first-order valence-corrected chi connectivity index (χ1v) is 7.88. The molecule has 2 aliphatic rings. The van der Waals surface area contributed by atoms with Crippen LogP contribution in [0.5, 0.6) is 0 Å². The van der Waals surface area contributed by atoms with E-state index < -0.39 is 5.91 Å². The van der Waals surface area contributed by atoms with E-state index in [9.17, 15) is 14.4 Å². The van der Waals surface area contributed by atoms with Crippen molar-refractivity contribution in [3.63, 3.8) is 0 Å². The predicted molar refractivity (Wildman–Crippen MR) is 81.2 cm³/mol. The summed E-state index contributed by atoms with van der Waals surface area (Å²) >= 11 is 11.7. The van der Waals surface area contributed by atoms with Gasteiger partial charge in [0.15, 0.2) is 0 Å². The number of imide groups is 1. The number of amides is 3. The van der Waals surface area contributed by atoms with Crippen LogP contribution in [0, 0.1) is 11.8 Å². The summed E-state index contributed by atoms with van der Waals surface area (Å²) in [6.45, 7) is 0. The summed E-state index contributed by atoms with van der Waals surface area (Å²) in [6, 6.07) is 4.38. The van der Waals surface area contributed by atoms with Crippen LogP contribution in [0.15, 0.2) is 18.2 Å². The lowest BCUT2D eigenvalue weighted by molar-refractivity contribution is -0.142. The zero-order valence-electron chi connectivity index (χ0n) is 11.6. The van der Waals surface area contributed by atoms with Crippen LogP contribution in [0.4, 0.5) is 0 Å². The summed E-state index contributed by atoms with van der Waals surface area (Å²) in [5, 5.41) is 1.44. The molecule has 0 spiro atoms. The third-order valence-electron chi connectivity index (χ3n) is 4.24. The number of benzene rings is 1. The Bertz CT molecular complexity index is 638. The van der Waals surface area contributed by atoms with E-state index >= 15 is 0 Å². The molecule has 2 atom stereocenters. The van der Waals surface area contributed by atoms with Crippen LogP contribution >= 0.6 is 23.2 Å². The molecule has 0 aromatic heterocycles. The fourth-order valence-electron chi connectivity index (χ4n) is 3.08. The molecule has 5 nitrogen and oxygen atoms in total. The summed E-state index contributed by atoms with van der Waals surface area (Å²) in [4.78, 5) is 36.8. The Hall–Kier alpha value is -1.59. The molecule has 1 aromatic carbocycles. The van der Waals surface area contributed by atoms with Gasteiger partial charge in [0, 0.05) is 5.56 Å². The van der Waals surface area contributed by atoms with E-state index in [1.165, 1.54) is 18.2 Å². The Morgan fingerprint density at radius 2 is 1.64 bits per heavy atom. The highest BCUT2D eigenvalue weighted by Gasteiger charge is 2.49. The third kappa shape index (κ3) is 2.59. The Balaban J connectivity index is 1.77. The molecule has 116 valence electrons. The van der Waals surface area contributed by atoms with Crippen LogP contribution in [0.1, 0.15) is 36.0 Å². The molecule has 3 rings (SSSR count). The zero-order valence-corrected chi connectivity index (χ0v) is 13.2. The maximum absolute atomic E-state index is 12.3. The topological polar surface area (TPSA) is 66.5 Å². The summed E-state index contributed by atoms with van der Waals surface area (Å²) in [5.41, 5.74) is 2.63. The van der Waals surface area contributed by atoms with E-state index in [-0.39, 0.29) is 34.2 Å². The number of hydrazine groups is 1. The first kappa shape index (κ1) is 15.3. The van der Waals surface area contributed by atoms with E-state index in [1.807, 2.05) is 0 Å². The SMILES string of the molecule is O=C(NN1C(=O)[C@H]2CCCC[C@H]2C1=O)c1ccc(Cl)c(Cl)c1. The van der Waals surface area contributed by atoms with Crippen LogP contribution in [-0.2, 0) is 9.59 Å². The number of rotatable bonds is 2. The lowest BCUT2D eigenvalue weighted by atomic mass is 9.81. The van der Waals surface area contributed by atoms with Crippen LogP contribution in [0.25, 0.3) is 0 Å². The van der Waals surface area contributed by atoms with Crippen LogP contribution in [-0.4, -0.2) is 22.7 Å². The summed E-state index contributed by atoms with van der Waals surface area (Å²) < 4.78 is 0. The number of carbonyl (C=O) groups excluding carboxylic acids is 3. The lowest BCUT2D eigenvalue weighted by Crippen LogP contribution is -2.46. The van der Waals surface area contributed by atoms with Crippen molar-refractivity contribution >= 4 is 40.9 Å². The van der Waals surface area contributed by atoms with Gasteiger partial charge >= 0.3 is 0 Å². The molecular formula is C15H14Cl2N2O3. The van der Waals surface area contributed by atoms with E-state index in [0.717, 1.165) is 17.9 Å². The average Bonchev–Trinajstić information content (AvgIpc) is 2.75. The minimum absolute atomic E-state index is 0.238. The molecule has 1 aliphatic heterocycles. The van der Waals surface area contributed by atoms with Gasteiger partial charge in [-0.1, -0.05) is 36.0 Å². The van der Waals surface area contributed by atoms with Gasteiger partial charge in [-0.15, -0.1) is 0 Å². The van der Waals surface area contributed by atoms with Crippen molar-refractivity contribution in [1.29, 1.82) is 0 Å². The molecule has 0 bridgehead atoms. The van der Waals surface area contributed by atoms with Crippen molar-refractivity contribution in [1.82, 2.24) is 10.4 Å². The second-order valence-electron chi connectivity index (χ2n) is 5.58. The largest absolute Gasteiger partial charge is 0.272 e. The van der Waals surface area contributed by atoms with Crippen molar-refractivity contribution in [3.8, 4) is 0 Å². The monoisotopic (exact) mass is 340 g/mol. The van der Waals surface area contributed by atoms with Crippen molar-refractivity contribution in [2.24, 2.45) is 11.8 Å². The van der Waals surface area contributed by atoms with Crippen molar-refractivity contribution < 1.29 is 14.4 Å². The molecular weight excluding hydrogens is 327 g/mol. The zero-order chi connectivity index (χ0) is 15.9. The van der Waals surface area contributed by atoms with Gasteiger partial charge in [-0.3, -0.25) is 19.8 Å². The fourth-order valence-corrected chi connectivity index (χ4v) is 3.37. The number of carbonyl (C=O) groups is 3. The second-order valence-corrected chi connectivity index (χ2v) is 6.39. The third-order valence-corrected chi connectivity index (χ3v) is 4.98. The first-order chi connectivity index (χ1) is 10.5. The van der Waals surface area contributed by atoms with Gasteiger partial charge in [0.2, 0.25) is 0 Å². The number of fused-ring (bicyclic) bond motifs is 1. The predicted octanol–water partition coefficient (Wildman–Crippen LogP) is 2.81. The Labute approximate surface area is 137 Å². The standard InChI is InChI=1S/C15H14Cl2N2O3/c16-11-6-5-8(7-12(11)17)13(20)18-19-14(21)9-3-1-2-4-10(9)15(19)22/h5-7,9-10H,1-4H2,(H,18,20)/t9-,10+. The van der Waals surface area contributed by atoms with Crippen LogP contribution in [0.2, 0.25) is 10.0 Å². The molecule has 1 aromatic rings. The molecule has 1 aliphatic carbocycles. The quantitative estimate of drug-likeness (QED) is 0.841. The lowest BCUT2D eigenvalue weighted by Gasteiger charge is -2.19. The van der Waals surface area contributed by atoms with Crippen molar-refractivity contribution in [2.45, 2.75) is 25.7 Å². The maximum Gasteiger partial charge on any atom is 0.270 e. The van der Waals surface area contributed by atoms with Gasteiger partial charge in [0.1, 0.15) is 0 Å². The molecule has 1 saturated heterocycles. The van der Waals surface area contributed by atoms with E-state index in [4.69, 9.17) is 23.2 Å². The highest BCUT2D eigenvalue weighted by atomic mass is 35.5. The minimum Gasteiger partial charge on any atom is -0.272 e. The molecule has 7 heteroatoms. The minimum atomic E-state index is -0.557. The van der Waals surface area contributed by atoms with Crippen LogP contribution < -0.4 is 5.43 Å². The summed E-state index contributed by atoms with van der Waals surface area (Å²) in [7, 11) is 0. The average molecular weight is 341 g/mol. The van der Waals surface area contributed by atoms with Gasteiger partial charge < -0.3 is 0 Å². The number of hydrogen-bond donors (Lipinski definition) is 1. The number of hydrogen-bond acceptors (Lipinski definition) is 3. The molecule has 22 heavy (non-hydrogen) atoms.